The lowest BCUT2D eigenvalue weighted by molar-refractivity contribution is 0.0690. The molecule has 174 valence electrons. The van der Waals surface area contributed by atoms with E-state index in [0.29, 0.717) is 0 Å². The van der Waals surface area contributed by atoms with Gasteiger partial charge < -0.3 is 5.11 Å². The van der Waals surface area contributed by atoms with Gasteiger partial charge in [-0.3, -0.25) is 0 Å². The van der Waals surface area contributed by atoms with E-state index in [1.807, 2.05) is 0 Å². The molecule has 5 rings (SSSR count). The second-order valence-electron chi connectivity index (χ2n) is 8.17. The Labute approximate surface area is 204 Å². The van der Waals surface area contributed by atoms with E-state index in [9.17, 15) is 18.3 Å². The Morgan fingerprint density at radius 3 is 2.44 bits per heavy atom. The molecule has 1 aliphatic rings. The van der Waals surface area contributed by atoms with Crippen molar-refractivity contribution in [2.45, 2.75) is 30.1 Å². The monoisotopic (exact) mass is 518 g/mol. The Morgan fingerprint density at radius 2 is 1.82 bits per heavy atom. The Bertz CT molecular complexity index is 1540. The molecule has 2 aromatic carbocycles. The van der Waals surface area contributed by atoms with Gasteiger partial charge in [0.15, 0.2) is 5.69 Å². The van der Waals surface area contributed by atoms with Gasteiger partial charge in [-0.25, -0.2) is 26.6 Å². The van der Waals surface area contributed by atoms with E-state index in [1.54, 1.807) is 24.3 Å². The van der Waals surface area contributed by atoms with Crippen LogP contribution in [0, 0.1) is 5.82 Å². The van der Waals surface area contributed by atoms with Crippen LogP contribution in [0.5, 0.6) is 0 Å². The van der Waals surface area contributed by atoms with Crippen molar-refractivity contribution in [3.8, 4) is 0 Å². The third kappa shape index (κ3) is 3.96. The van der Waals surface area contributed by atoms with Crippen LogP contribution in [0.4, 0.5) is 4.39 Å². The van der Waals surface area contributed by atoms with Crippen molar-refractivity contribution in [2.24, 2.45) is 0 Å². The van der Waals surface area contributed by atoms with Gasteiger partial charge in [0, 0.05) is 28.1 Å². The number of hydrogen-bond donors (Lipinski definition) is 1. The smallest absolute Gasteiger partial charge is 0.354 e. The highest BCUT2D eigenvalue weighted by Crippen LogP contribution is 2.42. The average Bonchev–Trinajstić information content (AvgIpc) is 3.57. The summed E-state index contributed by atoms with van der Waals surface area (Å²) in [5.74, 6) is -1.60. The summed E-state index contributed by atoms with van der Waals surface area (Å²) in [6.07, 6.45) is 1.75. The zero-order valence-corrected chi connectivity index (χ0v) is 19.8. The SMILES string of the molecule is O=C(O)c1cc(Cl)c(Cc2cc3c(F)cc(C4CC4)cc3n2S(=O)(=O)c2ccccc2)c(Cl)n1. The Balaban J connectivity index is 1.75. The quantitative estimate of drug-likeness (QED) is 0.321. The van der Waals surface area contributed by atoms with E-state index < -0.39 is 21.8 Å². The number of benzene rings is 2. The molecule has 1 fully saturated rings. The molecule has 0 bridgehead atoms. The summed E-state index contributed by atoms with van der Waals surface area (Å²) in [7, 11) is -4.11. The van der Waals surface area contributed by atoms with Crippen molar-refractivity contribution in [3.05, 3.63) is 93.1 Å². The molecular formula is C24H17Cl2FN2O4S. The van der Waals surface area contributed by atoms with Gasteiger partial charge in [0.25, 0.3) is 10.0 Å². The lowest BCUT2D eigenvalue weighted by atomic mass is 10.1. The summed E-state index contributed by atoms with van der Waals surface area (Å²) < 4.78 is 43.7. The number of rotatable bonds is 6. The molecule has 10 heteroatoms. The first-order chi connectivity index (χ1) is 16.2. The summed E-state index contributed by atoms with van der Waals surface area (Å²) in [6.45, 7) is 0. The molecule has 0 saturated heterocycles. The molecule has 0 aliphatic heterocycles. The van der Waals surface area contributed by atoms with E-state index in [0.717, 1.165) is 28.4 Å². The van der Waals surface area contributed by atoms with Crippen LogP contribution in [0.1, 0.15) is 46.1 Å². The summed E-state index contributed by atoms with van der Waals surface area (Å²) in [5, 5.41) is 9.19. The number of carbonyl (C=O) groups is 1. The maximum Gasteiger partial charge on any atom is 0.354 e. The Kier molecular flexibility index (Phi) is 5.62. The first-order valence-electron chi connectivity index (χ1n) is 10.4. The molecule has 2 aromatic heterocycles. The number of carboxylic acid groups (broad SMARTS) is 1. The van der Waals surface area contributed by atoms with Crippen molar-refractivity contribution >= 4 is 50.1 Å². The molecule has 1 aliphatic carbocycles. The predicted octanol–water partition coefficient (Wildman–Crippen LogP) is 5.89. The second kappa shape index (κ2) is 8.37. The topological polar surface area (TPSA) is 89.3 Å². The Morgan fingerprint density at radius 1 is 1.12 bits per heavy atom. The molecular weight excluding hydrogens is 502 g/mol. The largest absolute Gasteiger partial charge is 0.477 e. The number of hydrogen-bond acceptors (Lipinski definition) is 4. The summed E-state index contributed by atoms with van der Waals surface area (Å²) in [5.41, 5.74) is 1.10. The van der Waals surface area contributed by atoms with Crippen molar-refractivity contribution < 1.29 is 22.7 Å². The lowest BCUT2D eigenvalue weighted by Crippen LogP contribution is -2.16. The van der Waals surface area contributed by atoms with Crippen LogP contribution in [0.3, 0.4) is 0 Å². The standard InChI is InChI=1S/C24H17Cl2FN2O4S/c25-19-12-21(24(30)31)28-23(26)17(19)10-15-11-18-20(27)8-14(13-6-7-13)9-22(18)29(15)34(32,33)16-4-2-1-3-5-16/h1-5,8-9,11-13H,6-7,10H2,(H,30,31). The van der Waals surface area contributed by atoms with Crippen LogP contribution < -0.4 is 0 Å². The predicted molar refractivity (Wildman–Crippen MR) is 127 cm³/mol. The van der Waals surface area contributed by atoms with Gasteiger partial charge >= 0.3 is 5.97 Å². The van der Waals surface area contributed by atoms with Crippen LogP contribution >= 0.6 is 23.2 Å². The van der Waals surface area contributed by atoms with Gasteiger partial charge in [0.2, 0.25) is 0 Å². The minimum atomic E-state index is -4.11. The number of carboxylic acids is 1. The van der Waals surface area contributed by atoms with Gasteiger partial charge in [-0.05, 0) is 60.7 Å². The molecule has 2 heterocycles. The highest BCUT2D eigenvalue weighted by atomic mass is 35.5. The molecule has 1 N–H and O–H groups in total. The Hall–Kier alpha value is -2.94. The zero-order valence-electron chi connectivity index (χ0n) is 17.5. The van der Waals surface area contributed by atoms with Crippen LogP contribution in [0.2, 0.25) is 10.2 Å². The van der Waals surface area contributed by atoms with Crippen LogP contribution in [-0.2, 0) is 16.4 Å². The van der Waals surface area contributed by atoms with Crippen molar-refractivity contribution in [1.82, 2.24) is 8.96 Å². The third-order valence-electron chi connectivity index (χ3n) is 5.85. The number of aromatic carboxylic acids is 1. The van der Waals surface area contributed by atoms with Crippen LogP contribution in [-0.4, -0.2) is 28.5 Å². The molecule has 0 spiro atoms. The van der Waals surface area contributed by atoms with E-state index in [1.165, 1.54) is 24.3 Å². The fourth-order valence-corrected chi connectivity index (χ4v) is 6.15. The summed E-state index contributed by atoms with van der Waals surface area (Å²) in [6, 6.07) is 13.6. The molecule has 6 nitrogen and oxygen atoms in total. The van der Waals surface area contributed by atoms with Crippen molar-refractivity contribution in [3.63, 3.8) is 0 Å². The second-order valence-corrected chi connectivity index (χ2v) is 10.7. The van der Waals surface area contributed by atoms with E-state index in [2.05, 4.69) is 4.98 Å². The molecule has 1 saturated carbocycles. The molecule has 0 radical (unpaired) electrons. The number of aromatic nitrogens is 2. The molecule has 0 atom stereocenters. The minimum Gasteiger partial charge on any atom is -0.477 e. The highest BCUT2D eigenvalue weighted by molar-refractivity contribution is 7.90. The maximum atomic E-state index is 15.1. The summed E-state index contributed by atoms with van der Waals surface area (Å²) >= 11 is 12.5. The fraction of sp³-hybridized carbons (Fsp3) is 0.167. The normalized spacial score (nSPS) is 14.0. The third-order valence-corrected chi connectivity index (χ3v) is 8.28. The van der Waals surface area contributed by atoms with E-state index in [4.69, 9.17) is 23.2 Å². The number of pyridine rings is 1. The van der Waals surface area contributed by atoms with E-state index in [-0.39, 0.29) is 55.3 Å². The van der Waals surface area contributed by atoms with Crippen molar-refractivity contribution in [2.75, 3.05) is 0 Å². The highest BCUT2D eigenvalue weighted by Gasteiger charge is 2.29. The number of halogens is 3. The van der Waals surface area contributed by atoms with Crippen LogP contribution in [0.15, 0.2) is 59.5 Å². The first kappa shape index (κ1) is 22.8. The number of fused-ring (bicyclic) bond motifs is 1. The maximum absolute atomic E-state index is 15.1. The minimum absolute atomic E-state index is 0.0189. The van der Waals surface area contributed by atoms with Gasteiger partial charge in [0.1, 0.15) is 11.0 Å². The molecule has 0 amide bonds. The molecule has 34 heavy (non-hydrogen) atoms. The van der Waals surface area contributed by atoms with Crippen molar-refractivity contribution in [1.29, 1.82) is 0 Å². The molecule has 0 unspecified atom stereocenters. The number of nitrogens with zero attached hydrogens (tertiary/aromatic N) is 2. The first-order valence-corrected chi connectivity index (χ1v) is 12.6. The van der Waals surface area contributed by atoms with Crippen LogP contribution in [0.25, 0.3) is 10.9 Å². The van der Waals surface area contributed by atoms with Gasteiger partial charge in [-0.1, -0.05) is 41.4 Å². The van der Waals surface area contributed by atoms with Gasteiger partial charge in [-0.2, -0.15) is 0 Å². The zero-order chi connectivity index (χ0) is 24.2. The molecule has 4 aromatic rings. The fourth-order valence-electron chi connectivity index (χ4n) is 4.03. The summed E-state index contributed by atoms with van der Waals surface area (Å²) in [4.78, 5) is 15.1. The van der Waals surface area contributed by atoms with Gasteiger partial charge in [0.05, 0.1) is 10.4 Å². The van der Waals surface area contributed by atoms with E-state index >= 15 is 4.39 Å². The average molecular weight is 519 g/mol. The lowest BCUT2D eigenvalue weighted by Gasteiger charge is -2.14. The van der Waals surface area contributed by atoms with Gasteiger partial charge in [-0.15, -0.1) is 0 Å².